The third-order valence-electron chi connectivity index (χ3n) is 2.29. The summed E-state index contributed by atoms with van der Waals surface area (Å²) in [7, 11) is 0. The van der Waals surface area contributed by atoms with Gasteiger partial charge in [0.2, 0.25) is 0 Å². The lowest BCUT2D eigenvalue weighted by molar-refractivity contribution is 0.0301. The fraction of sp³-hybridized carbons (Fsp3) is 0.545. The van der Waals surface area contributed by atoms with Gasteiger partial charge in [0.05, 0.1) is 18.2 Å². The van der Waals surface area contributed by atoms with Gasteiger partial charge in [-0.15, -0.1) is 0 Å². The van der Waals surface area contributed by atoms with Gasteiger partial charge in [0, 0.05) is 0 Å². The van der Waals surface area contributed by atoms with Gasteiger partial charge in [0.1, 0.15) is 17.4 Å². The first kappa shape index (κ1) is 12.2. The third kappa shape index (κ3) is 2.60. The predicted molar refractivity (Wildman–Crippen MR) is 55.7 cm³/mol. The molecule has 0 unspecified atom stereocenters. The molecule has 0 aliphatic rings. The summed E-state index contributed by atoms with van der Waals surface area (Å²) >= 11 is 0. The molecular formula is C11H14N2O3. The average molecular weight is 222 g/mol. The van der Waals surface area contributed by atoms with E-state index in [9.17, 15) is 4.79 Å². The van der Waals surface area contributed by atoms with Crippen LogP contribution in [0.2, 0.25) is 0 Å². The molecule has 0 aliphatic heterocycles. The molecule has 1 atom stereocenters. The minimum Gasteiger partial charge on any atom is -0.458 e. The molecule has 5 heteroatoms. The molecule has 1 rings (SSSR count). The Labute approximate surface area is 94.0 Å². The number of carbonyl (C=O) groups is 1. The molecule has 0 bridgehead atoms. The van der Waals surface area contributed by atoms with Gasteiger partial charge in [-0.25, -0.2) is 4.79 Å². The topological polar surface area (TPSA) is 76.1 Å². The van der Waals surface area contributed by atoms with Crippen molar-refractivity contribution >= 4 is 5.97 Å². The van der Waals surface area contributed by atoms with Crippen molar-refractivity contribution in [1.29, 1.82) is 5.26 Å². The molecule has 86 valence electrons. The highest BCUT2D eigenvalue weighted by Crippen LogP contribution is 2.15. The molecule has 0 radical (unpaired) electrons. The fourth-order valence-electron chi connectivity index (χ4n) is 1.36. The quantitative estimate of drug-likeness (QED) is 0.729. The monoisotopic (exact) mass is 222 g/mol. The summed E-state index contributed by atoms with van der Waals surface area (Å²) in [6.07, 6.45) is 0.445. The lowest BCUT2D eigenvalue weighted by atomic mass is 10.2. The SMILES string of the molecule is CC[C@H](CC#N)OC(=O)c1c(C)noc1C. The molecule has 0 N–H and O–H groups in total. The molecule has 5 nitrogen and oxygen atoms in total. The third-order valence-corrected chi connectivity index (χ3v) is 2.29. The number of aromatic nitrogens is 1. The molecule has 0 saturated heterocycles. The first-order chi connectivity index (χ1) is 7.60. The summed E-state index contributed by atoms with van der Waals surface area (Å²) in [5.41, 5.74) is 0.866. The Hall–Kier alpha value is -1.83. The maximum atomic E-state index is 11.8. The standard InChI is InChI=1S/C11H14N2O3/c1-4-9(5-6-12)15-11(14)10-7(2)13-16-8(10)3/h9H,4-5H2,1-3H3/t9-/m1/s1. The molecule has 0 amide bonds. The second kappa shape index (κ2) is 5.31. The Morgan fingerprint density at radius 1 is 1.62 bits per heavy atom. The van der Waals surface area contributed by atoms with Crippen molar-refractivity contribution in [2.24, 2.45) is 0 Å². The van der Waals surface area contributed by atoms with Gasteiger partial charge < -0.3 is 9.26 Å². The number of carbonyl (C=O) groups excluding carboxylic acids is 1. The summed E-state index contributed by atoms with van der Waals surface area (Å²) in [6.45, 7) is 5.20. The second-order valence-corrected chi connectivity index (χ2v) is 3.50. The highest BCUT2D eigenvalue weighted by atomic mass is 16.5. The summed E-state index contributed by atoms with van der Waals surface area (Å²) in [6, 6.07) is 1.98. The van der Waals surface area contributed by atoms with Crippen molar-refractivity contribution in [3.05, 3.63) is 17.0 Å². The van der Waals surface area contributed by atoms with Gasteiger partial charge >= 0.3 is 5.97 Å². The van der Waals surface area contributed by atoms with Crippen molar-refractivity contribution in [2.45, 2.75) is 39.7 Å². The maximum Gasteiger partial charge on any atom is 0.343 e. The molecule has 16 heavy (non-hydrogen) atoms. The Kier molecular flexibility index (Phi) is 4.06. The van der Waals surface area contributed by atoms with E-state index in [1.165, 1.54) is 0 Å². The maximum absolute atomic E-state index is 11.8. The number of esters is 1. The van der Waals surface area contributed by atoms with E-state index in [1.807, 2.05) is 13.0 Å². The average Bonchev–Trinajstić information content (AvgIpc) is 2.57. The highest BCUT2D eigenvalue weighted by molar-refractivity contribution is 5.91. The molecule has 0 aliphatic carbocycles. The van der Waals surface area contributed by atoms with Gasteiger partial charge in [-0.05, 0) is 20.3 Å². The number of nitrogens with zero attached hydrogens (tertiary/aromatic N) is 2. The van der Waals surface area contributed by atoms with Crippen molar-refractivity contribution in [1.82, 2.24) is 5.16 Å². The Morgan fingerprint density at radius 2 is 2.31 bits per heavy atom. The Balaban J connectivity index is 2.76. The van der Waals surface area contributed by atoms with Crippen LogP contribution in [0.4, 0.5) is 0 Å². The number of nitriles is 1. The van der Waals surface area contributed by atoms with Crippen LogP contribution in [0.3, 0.4) is 0 Å². The van der Waals surface area contributed by atoms with Crippen LogP contribution >= 0.6 is 0 Å². The van der Waals surface area contributed by atoms with Crippen molar-refractivity contribution in [3.8, 4) is 6.07 Å². The summed E-state index contributed by atoms with van der Waals surface area (Å²) in [5, 5.41) is 12.2. The minimum atomic E-state index is -0.474. The highest BCUT2D eigenvalue weighted by Gasteiger charge is 2.21. The molecule has 0 fully saturated rings. The zero-order chi connectivity index (χ0) is 12.1. The van der Waals surface area contributed by atoms with Gasteiger partial charge in [-0.1, -0.05) is 12.1 Å². The smallest absolute Gasteiger partial charge is 0.343 e. The van der Waals surface area contributed by atoms with Crippen LogP contribution in [0, 0.1) is 25.2 Å². The van der Waals surface area contributed by atoms with Crippen molar-refractivity contribution in [3.63, 3.8) is 0 Å². The van der Waals surface area contributed by atoms with Gasteiger partial charge in [0.25, 0.3) is 0 Å². The number of ether oxygens (including phenoxy) is 1. The first-order valence-electron chi connectivity index (χ1n) is 5.11. The summed E-state index contributed by atoms with van der Waals surface area (Å²) in [5.74, 6) is -0.0346. The zero-order valence-corrected chi connectivity index (χ0v) is 9.61. The molecule has 0 spiro atoms. The number of hydrogen-bond acceptors (Lipinski definition) is 5. The molecule has 1 aromatic heterocycles. The van der Waals surface area contributed by atoms with E-state index in [-0.39, 0.29) is 12.5 Å². The van der Waals surface area contributed by atoms with E-state index < -0.39 is 5.97 Å². The second-order valence-electron chi connectivity index (χ2n) is 3.50. The molecule has 0 saturated carbocycles. The fourth-order valence-corrected chi connectivity index (χ4v) is 1.36. The van der Waals surface area contributed by atoms with E-state index >= 15 is 0 Å². The zero-order valence-electron chi connectivity index (χ0n) is 9.61. The number of rotatable bonds is 4. The van der Waals surface area contributed by atoms with E-state index in [0.29, 0.717) is 23.4 Å². The van der Waals surface area contributed by atoms with Gasteiger partial charge in [-0.2, -0.15) is 5.26 Å². The first-order valence-corrected chi connectivity index (χ1v) is 5.11. The van der Waals surface area contributed by atoms with Crippen LogP contribution in [0.25, 0.3) is 0 Å². The van der Waals surface area contributed by atoms with Crippen LogP contribution in [-0.2, 0) is 4.74 Å². The Bertz CT molecular complexity index is 398. The lowest BCUT2D eigenvalue weighted by Crippen LogP contribution is -2.17. The van der Waals surface area contributed by atoms with Gasteiger partial charge in [0.15, 0.2) is 0 Å². The largest absolute Gasteiger partial charge is 0.458 e. The van der Waals surface area contributed by atoms with Crippen molar-refractivity contribution in [2.75, 3.05) is 0 Å². The van der Waals surface area contributed by atoms with Crippen LogP contribution in [-0.4, -0.2) is 17.2 Å². The minimum absolute atomic E-state index is 0.200. The number of hydrogen-bond donors (Lipinski definition) is 0. The van der Waals surface area contributed by atoms with Crippen LogP contribution in [0.1, 0.15) is 41.6 Å². The normalized spacial score (nSPS) is 11.9. The van der Waals surface area contributed by atoms with Crippen LogP contribution in [0.15, 0.2) is 4.52 Å². The number of aryl methyl sites for hydroxylation is 2. The molecule has 0 aromatic carbocycles. The van der Waals surface area contributed by atoms with E-state index in [4.69, 9.17) is 14.5 Å². The molecule has 1 heterocycles. The lowest BCUT2D eigenvalue weighted by Gasteiger charge is -2.12. The summed E-state index contributed by atoms with van der Waals surface area (Å²) < 4.78 is 10.1. The predicted octanol–water partition coefficient (Wildman–Crippen LogP) is 2.14. The van der Waals surface area contributed by atoms with Crippen molar-refractivity contribution < 1.29 is 14.1 Å². The summed E-state index contributed by atoms with van der Waals surface area (Å²) in [4.78, 5) is 11.8. The molecular weight excluding hydrogens is 208 g/mol. The van der Waals surface area contributed by atoms with E-state index in [2.05, 4.69) is 5.16 Å². The van der Waals surface area contributed by atoms with E-state index in [1.54, 1.807) is 13.8 Å². The van der Waals surface area contributed by atoms with Gasteiger partial charge in [-0.3, -0.25) is 0 Å². The van der Waals surface area contributed by atoms with E-state index in [0.717, 1.165) is 0 Å². The van der Waals surface area contributed by atoms with Crippen LogP contribution < -0.4 is 0 Å². The van der Waals surface area contributed by atoms with Crippen LogP contribution in [0.5, 0.6) is 0 Å². The Morgan fingerprint density at radius 3 is 2.75 bits per heavy atom. The molecule has 1 aromatic rings.